The zero-order valence-corrected chi connectivity index (χ0v) is 12.6. The van der Waals surface area contributed by atoms with Gasteiger partial charge < -0.3 is 19.2 Å². The molecule has 2 heterocycles. The minimum absolute atomic E-state index is 0.106. The zero-order chi connectivity index (χ0) is 15.3. The van der Waals surface area contributed by atoms with Gasteiger partial charge in [0.25, 0.3) is 0 Å². The summed E-state index contributed by atoms with van der Waals surface area (Å²) in [6.45, 7) is 0. The van der Waals surface area contributed by atoms with E-state index in [-0.39, 0.29) is 11.1 Å². The third kappa shape index (κ3) is 2.11. The number of nitrogens with one attached hydrogen (secondary N) is 1. The Labute approximate surface area is 126 Å². The van der Waals surface area contributed by atoms with E-state index in [0.717, 1.165) is 30.3 Å². The van der Waals surface area contributed by atoms with Gasteiger partial charge in [0.15, 0.2) is 11.6 Å². The highest BCUT2D eigenvalue weighted by Gasteiger charge is 2.27. The van der Waals surface area contributed by atoms with Gasteiger partial charge in [-0.15, -0.1) is 0 Å². The number of aromatic nitrogens is 2. The van der Waals surface area contributed by atoms with E-state index in [4.69, 9.17) is 4.42 Å². The van der Waals surface area contributed by atoms with E-state index in [9.17, 15) is 14.4 Å². The minimum Gasteiger partial charge on any atom is -0.460 e. The average molecular weight is 318 g/mol. The van der Waals surface area contributed by atoms with Gasteiger partial charge in [0.1, 0.15) is 5.30 Å². The van der Waals surface area contributed by atoms with Crippen molar-refractivity contribution >= 4 is 23.9 Å². The molecule has 0 radical (unpaired) electrons. The normalized spacial score (nSPS) is 15.2. The van der Waals surface area contributed by atoms with E-state index in [1.165, 1.54) is 29.9 Å². The SMILES string of the molecule is O=P(O)(O)c1ccoc1-c1nc2c3c(ccc2[nH]1)CCCC3. The molecule has 1 aromatic carbocycles. The molecule has 0 saturated heterocycles. The fourth-order valence-corrected chi connectivity index (χ4v) is 3.80. The molecule has 1 aliphatic carbocycles. The van der Waals surface area contributed by atoms with Gasteiger partial charge in [-0.05, 0) is 48.9 Å². The van der Waals surface area contributed by atoms with Crippen LogP contribution in [0.4, 0.5) is 0 Å². The summed E-state index contributed by atoms with van der Waals surface area (Å²) in [6.07, 6.45) is 5.65. The molecule has 2 aromatic heterocycles. The Balaban J connectivity index is 1.91. The molecule has 22 heavy (non-hydrogen) atoms. The molecule has 3 N–H and O–H groups in total. The molecule has 0 saturated carbocycles. The molecule has 4 rings (SSSR count). The molecule has 0 unspecified atom stereocenters. The Kier molecular flexibility index (Phi) is 3.01. The van der Waals surface area contributed by atoms with Crippen LogP contribution in [0.15, 0.2) is 28.9 Å². The Morgan fingerprint density at radius 1 is 1.18 bits per heavy atom. The fourth-order valence-electron chi connectivity index (χ4n) is 3.12. The molecule has 0 spiro atoms. The predicted molar refractivity (Wildman–Crippen MR) is 82.1 cm³/mol. The number of furan rings is 1. The number of hydrogen-bond donors (Lipinski definition) is 3. The molecular weight excluding hydrogens is 303 g/mol. The van der Waals surface area contributed by atoms with E-state index in [2.05, 4.69) is 16.0 Å². The fraction of sp³-hybridized carbons (Fsp3) is 0.267. The van der Waals surface area contributed by atoms with Crippen LogP contribution in [0.25, 0.3) is 22.6 Å². The molecule has 0 bridgehead atoms. The van der Waals surface area contributed by atoms with E-state index >= 15 is 0 Å². The molecule has 0 aliphatic heterocycles. The molecule has 114 valence electrons. The molecule has 1 aliphatic rings. The van der Waals surface area contributed by atoms with Crippen molar-refractivity contribution < 1.29 is 18.8 Å². The summed E-state index contributed by atoms with van der Waals surface area (Å²) in [6, 6.07) is 5.36. The van der Waals surface area contributed by atoms with Crippen LogP contribution in [0.1, 0.15) is 24.0 Å². The highest BCUT2D eigenvalue weighted by molar-refractivity contribution is 7.60. The maximum atomic E-state index is 11.5. The quantitative estimate of drug-likeness (QED) is 0.630. The number of nitrogens with zero attached hydrogens (tertiary/aromatic N) is 1. The van der Waals surface area contributed by atoms with Gasteiger partial charge in [-0.2, -0.15) is 0 Å². The Hall–Kier alpha value is -1.88. The van der Waals surface area contributed by atoms with Crippen molar-refractivity contribution in [3.63, 3.8) is 0 Å². The second-order valence-electron chi connectivity index (χ2n) is 5.57. The van der Waals surface area contributed by atoms with Crippen LogP contribution in [0, 0.1) is 0 Å². The van der Waals surface area contributed by atoms with E-state index in [0.29, 0.717) is 5.82 Å². The predicted octanol–water partition coefficient (Wildman–Crippen LogP) is 2.50. The molecule has 7 heteroatoms. The summed E-state index contributed by atoms with van der Waals surface area (Å²) < 4.78 is 16.8. The maximum Gasteiger partial charge on any atom is 0.360 e. The molecule has 0 fully saturated rings. The van der Waals surface area contributed by atoms with Crippen LogP contribution >= 0.6 is 7.60 Å². The summed E-state index contributed by atoms with van der Waals surface area (Å²) >= 11 is 0. The van der Waals surface area contributed by atoms with Crippen molar-refractivity contribution in [1.29, 1.82) is 0 Å². The van der Waals surface area contributed by atoms with Crippen LogP contribution in [-0.4, -0.2) is 19.8 Å². The van der Waals surface area contributed by atoms with Crippen LogP contribution in [0.2, 0.25) is 0 Å². The molecule has 0 amide bonds. The van der Waals surface area contributed by atoms with Crippen molar-refractivity contribution in [2.45, 2.75) is 25.7 Å². The highest BCUT2D eigenvalue weighted by atomic mass is 31.2. The largest absolute Gasteiger partial charge is 0.460 e. The first-order valence-electron chi connectivity index (χ1n) is 7.18. The third-order valence-corrected chi connectivity index (χ3v) is 5.13. The van der Waals surface area contributed by atoms with Crippen LogP contribution in [0.5, 0.6) is 0 Å². The number of aromatic amines is 1. The first kappa shape index (κ1) is 13.8. The second kappa shape index (κ2) is 4.81. The molecule has 6 nitrogen and oxygen atoms in total. The van der Waals surface area contributed by atoms with Crippen molar-refractivity contribution in [2.75, 3.05) is 0 Å². The van der Waals surface area contributed by atoms with Crippen molar-refractivity contribution in [3.05, 3.63) is 35.6 Å². The summed E-state index contributed by atoms with van der Waals surface area (Å²) in [5.41, 5.74) is 4.28. The number of benzene rings is 1. The Morgan fingerprint density at radius 3 is 2.82 bits per heavy atom. The average Bonchev–Trinajstić information content (AvgIpc) is 3.13. The molecular formula is C15H15N2O4P. The smallest absolute Gasteiger partial charge is 0.360 e. The van der Waals surface area contributed by atoms with Gasteiger partial charge in [0, 0.05) is 0 Å². The standard InChI is InChI=1S/C15H15N2O4P/c18-22(19,20)12-7-8-21-14(12)15-16-11-6-5-9-3-1-2-4-10(9)13(11)17-15/h5-8H,1-4H2,(H,16,17)(H2,18,19,20). The maximum absolute atomic E-state index is 11.5. The number of hydrogen-bond acceptors (Lipinski definition) is 3. The van der Waals surface area contributed by atoms with Crippen LogP contribution in [0.3, 0.4) is 0 Å². The van der Waals surface area contributed by atoms with Gasteiger partial charge in [0.2, 0.25) is 0 Å². The monoisotopic (exact) mass is 318 g/mol. The third-order valence-electron chi connectivity index (χ3n) is 4.15. The lowest BCUT2D eigenvalue weighted by atomic mass is 9.91. The van der Waals surface area contributed by atoms with E-state index in [1.54, 1.807) is 0 Å². The first-order chi connectivity index (χ1) is 10.5. The lowest BCUT2D eigenvalue weighted by molar-refractivity contribution is 0.387. The van der Waals surface area contributed by atoms with Gasteiger partial charge in [0.05, 0.1) is 17.3 Å². The van der Waals surface area contributed by atoms with E-state index < -0.39 is 7.60 Å². The van der Waals surface area contributed by atoms with Gasteiger partial charge in [-0.25, -0.2) is 4.98 Å². The second-order valence-corrected chi connectivity index (χ2v) is 7.14. The first-order valence-corrected chi connectivity index (χ1v) is 8.80. The highest BCUT2D eigenvalue weighted by Crippen LogP contribution is 2.38. The lowest BCUT2D eigenvalue weighted by Crippen LogP contribution is -2.04. The van der Waals surface area contributed by atoms with Gasteiger partial charge >= 0.3 is 7.60 Å². The lowest BCUT2D eigenvalue weighted by Gasteiger charge is -2.15. The Bertz CT molecular complexity index is 906. The van der Waals surface area contributed by atoms with Crippen molar-refractivity contribution in [1.82, 2.24) is 9.97 Å². The summed E-state index contributed by atoms with van der Waals surface area (Å²) in [4.78, 5) is 26.5. The Morgan fingerprint density at radius 2 is 2.00 bits per heavy atom. The van der Waals surface area contributed by atoms with E-state index in [1.807, 2.05) is 6.07 Å². The van der Waals surface area contributed by atoms with Gasteiger partial charge in [-0.1, -0.05) is 6.07 Å². The zero-order valence-electron chi connectivity index (χ0n) is 11.7. The van der Waals surface area contributed by atoms with Crippen LogP contribution < -0.4 is 5.30 Å². The topological polar surface area (TPSA) is 99.3 Å². The van der Waals surface area contributed by atoms with Crippen molar-refractivity contribution in [3.8, 4) is 11.6 Å². The summed E-state index contributed by atoms with van der Waals surface area (Å²) in [5, 5.41) is -0.138. The number of rotatable bonds is 2. The molecule has 0 atom stereocenters. The van der Waals surface area contributed by atoms with Crippen molar-refractivity contribution in [2.24, 2.45) is 0 Å². The number of H-pyrrole nitrogens is 1. The number of fused-ring (bicyclic) bond motifs is 3. The minimum atomic E-state index is -4.39. The number of imidazole rings is 1. The van der Waals surface area contributed by atoms with Gasteiger partial charge in [-0.3, -0.25) is 4.57 Å². The summed E-state index contributed by atoms with van der Waals surface area (Å²) in [5.74, 6) is 0.464. The summed E-state index contributed by atoms with van der Waals surface area (Å²) in [7, 11) is -4.39. The van der Waals surface area contributed by atoms with Crippen LogP contribution in [-0.2, 0) is 17.4 Å². The molecule has 3 aromatic rings. The number of aryl methyl sites for hydroxylation is 2.